The quantitative estimate of drug-likeness (QED) is 0.450. The van der Waals surface area contributed by atoms with Crippen molar-refractivity contribution < 1.29 is 0 Å². The smallest absolute Gasteiger partial charge is 0.000442 e. The van der Waals surface area contributed by atoms with E-state index in [1.165, 1.54) is 70.6 Å². The lowest BCUT2D eigenvalue weighted by atomic mass is 10.1. The number of rotatable bonds is 10. The molecule has 0 amide bonds. The van der Waals surface area contributed by atoms with E-state index < -0.39 is 0 Å². The Hall–Kier alpha value is -0.980. The first-order valence-corrected chi connectivity index (χ1v) is 8.66. The van der Waals surface area contributed by atoms with Crippen LogP contribution in [0.25, 0.3) is 0 Å². The van der Waals surface area contributed by atoms with Gasteiger partial charge in [-0.25, -0.2) is 0 Å². The minimum Gasteiger partial charge on any atom is -0.368 e. The van der Waals surface area contributed by atoms with Crippen molar-refractivity contribution in [3.8, 4) is 0 Å². The molecule has 0 aromatic rings. The van der Waals surface area contributed by atoms with Crippen LogP contribution in [0, 0.1) is 0 Å². The monoisotopic (exact) mass is 277 g/mol. The van der Waals surface area contributed by atoms with E-state index in [0.717, 1.165) is 0 Å². The molecule has 0 saturated heterocycles. The summed E-state index contributed by atoms with van der Waals surface area (Å²) in [5.74, 6) is 0. The molecule has 1 nitrogen and oxygen atoms in total. The first-order valence-electron chi connectivity index (χ1n) is 8.66. The predicted octanol–water partition coefficient (Wildman–Crippen LogP) is 6.49. The molecule has 0 fully saturated rings. The number of unbranched alkanes of at least 4 members (excludes halogenated alkanes) is 10. The van der Waals surface area contributed by atoms with E-state index in [2.05, 4.69) is 19.2 Å². The second kappa shape index (κ2) is 18.0. The SMILES string of the molecule is C1=CC=CNC=C1.CCCCCCCCCCCCC. The van der Waals surface area contributed by atoms with Crippen molar-refractivity contribution in [2.45, 2.75) is 84.5 Å². The van der Waals surface area contributed by atoms with Crippen LogP contribution in [-0.2, 0) is 0 Å². The van der Waals surface area contributed by atoms with E-state index in [1.54, 1.807) is 0 Å². The highest BCUT2D eigenvalue weighted by molar-refractivity contribution is 5.14. The summed E-state index contributed by atoms with van der Waals surface area (Å²) in [6.45, 7) is 4.56. The van der Waals surface area contributed by atoms with E-state index >= 15 is 0 Å². The lowest BCUT2D eigenvalue weighted by molar-refractivity contribution is 0.554. The average Bonchev–Trinajstić information content (AvgIpc) is 2.79. The fourth-order valence-electron chi connectivity index (χ4n) is 2.14. The molecule has 0 radical (unpaired) electrons. The molecule has 1 heterocycles. The molecule has 1 aliphatic heterocycles. The van der Waals surface area contributed by atoms with Gasteiger partial charge in [0.25, 0.3) is 0 Å². The summed E-state index contributed by atoms with van der Waals surface area (Å²) in [4.78, 5) is 0. The first-order chi connectivity index (χ1) is 9.91. The van der Waals surface area contributed by atoms with Gasteiger partial charge in [-0.3, -0.25) is 0 Å². The summed E-state index contributed by atoms with van der Waals surface area (Å²) < 4.78 is 0. The third-order valence-corrected chi connectivity index (χ3v) is 3.43. The van der Waals surface area contributed by atoms with Crippen LogP contribution in [0.2, 0.25) is 0 Å². The minimum atomic E-state index is 1.37. The van der Waals surface area contributed by atoms with Gasteiger partial charge in [0, 0.05) is 12.4 Å². The standard InChI is InChI=1S/C13H28.C6H7N/c1-3-5-7-9-11-13-12-10-8-6-4-2;1-2-4-6-7-5-3-1/h3-13H2,1-2H3;1-7H. The van der Waals surface area contributed by atoms with E-state index in [1.807, 2.05) is 36.7 Å². The second-order valence-corrected chi connectivity index (χ2v) is 5.45. The topological polar surface area (TPSA) is 12.0 Å². The van der Waals surface area contributed by atoms with Gasteiger partial charge in [-0.15, -0.1) is 0 Å². The predicted molar refractivity (Wildman–Crippen MR) is 92.7 cm³/mol. The van der Waals surface area contributed by atoms with Crippen LogP contribution < -0.4 is 5.32 Å². The first kappa shape index (κ1) is 19.0. The van der Waals surface area contributed by atoms with Crippen LogP contribution >= 0.6 is 0 Å². The Balaban J connectivity index is 0.000000428. The zero-order valence-corrected chi connectivity index (χ0v) is 13.7. The molecule has 1 N–H and O–H groups in total. The molecule has 0 saturated carbocycles. The number of allylic oxidation sites excluding steroid dienone is 4. The molecule has 0 aromatic heterocycles. The lowest BCUT2D eigenvalue weighted by Crippen LogP contribution is -1.87. The summed E-state index contributed by atoms with van der Waals surface area (Å²) in [5, 5.41) is 2.92. The summed E-state index contributed by atoms with van der Waals surface area (Å²) in [7, 11) is 0. The van der Waals surface area contributed by atoms with Crippen molar-refractivity contribution >= 4 is 0 Å². The zero-order chi connectivity index (χ0) is 14.7. The van der Waals surface area contributed by atoms with Gasteiger partial charge in [0.15, 0.2) is 0 Å². The Morgan fingerprint density at radius 3 is 1.20 bits per heavy atom. The molecule has 1 aliphatic rings. The van der Waals surface area contributed by atoms with Crippen LogP contribution in [0.15, 0.2) is 36.7 Å². The molecule has 0 bridgehead atoms. The summed E-state index contributed by atoms with van der Waals surface area (Å²) in [6, 6.07) is 0. The summed E-state index contributed by atoms with van der Waals surface area (Å²) >= 11 is 0. The Kier molecular flexibility index (Phi) is 17.1. The highest BCUT2D eigenvalue weighted by Crippen LogP contribution is 2.10. The molecule has 0 atom stereocenters. The van der Waals surface area contributed by atoms with Crippen LogP contribution in [-0.4, -0.2) is 0 Å². The van der Waals surface area contributed by atoms with Gasteiger partial charge < -0.3 is 5.32 Å². The molecule has 1 rings (SSSR count). The highest BCUT2D eigenvalue weighted by atomic mass is 14.8. The molecule has 0 aliphatic carbocycles. The van der Waals surface area contributed by atoms with Gasteiger partial charge >= 0.3 is 0 Å². The van der Waals surface area contributed by atoms with Gasteiger partial charge in [0.05, 0.1) is 0 Å². The van der Waals surface area contributed by atoms with Crippen molar-refractivity contribution in [3.05, 3.63) is 36.7 Å². The van der Waals surface area contributed by atoms with Crippen LogP contribution in [0.3, 0.4) is 0 Å². The molecular formula is C19H35N. The van der Waals surface area contributed by atoms with Crippen molar-refractivity contribution in [2.24, 2.45) is 0 Å². The average molecular weight is 277 g/mol. The third-order valence-electron chi connectivity index (χ3n) is 3.43. The van der Waals surface area contributed by atoms with E-state index in [4.69, 9.17) is 0 Å². The molecular weight excluding hydrogens is 242 g/mol. The van der Waals surface area contributed by atoms with Crippen LogP contribution in [0.5, 0.6) is 0 Å². The summed E-state index contributed by atoms with van der Waals surface area (Å²) in [5.41, 5.74) is 0. The molecule has 20 heavy (non-hydrogen) atoms. The Labute approximate surface area is 127 Å². The number of hydrogen-bond donors (Lipinski definition) is 1. The van der Waals surface area contributed by atoms with Gasteiger partial charge in [-0.1, -0.05) is 96.6 Å². The van der Waals surface area contributed by atoms with Gasteiger partial charge in [0.2, 0.25) is 0 Å². The zero-order valence-electron chi connectivity index (χ0n) is 13.7. The van der Waals surface area contributed by atoms with Crippen molar-refractivity contribution in [1.29, 1.82) is 0 Å². The largest absolute Gasteiger partial charge is 0.368 e. The molecule has 116 valence electrons. The Morgan fingerprint density at radius 1 is 0.500 bits per heavy atom. The fourth-order valence-corrected chi connectivity index (χ4v) is 2.14. The fraction of sp³-hybridized carbons (Fsp3) is 0.684. The number of nitrogens with one attached hydrogen (secondary N) is 1. The number of hydrogen-bond acceptors (Lipinski definition) is 1. The van der Waals surface area contributed by atoms with E-state index in [-0.39, 0.29) is 0 Å². The van der Waals surface area contributed by atoms with Crippen molar-refractivity contribution in [2.75, 3.05) is 0 Å². The molecule has 0 unspecified atom stereocenters. The molecule has 0 spiro atoms. The lowest BCUT2D eigenvalue weighted by Gasteiger charge is -2.00. The van der Waals surface area contributed by atoms with E-state index in [0.29, 0.717) is 0 Å². The van der Waals surface area contributed by atoms with Gasteiger partial charge in [-0.05, 0) is 12.2 Å². The van der Waals surface area contributed by atoms with Crippen LogP contribution in [0.4, 0.5) is 0 Å². The van der Waals surface area contributed by atoms with Crippen LogP contribution in [0.1, 0.15) is 84.5 Å². The maximum absolute atomic E-state index is 2.92. The van der Waals surface area contributed by atoms with Crippen molar-refractivity contribution in [1.82, 2.24) is 5.32 Å². The van der Waals surface area contributed by atoms with E-state index in [9.17, 15) is 0 Å². The van der Waals surface area contributed by atoms with Gasteiger partial charge in [0.1, 0.15) is 0 Å². The Bertz CT molecular complexity index is 226. The van der Waals surface area contributed by atoms with Crippen molar-refractivity contribution in [3.63, 3.8) is 0 Å². The third kappa shape index (κ3) is 17.0. The minimum absolute atomic E-state index is 1.37. The maximum Gasteiger partial charge on any atom is 0.000442 e. The maximum atomic E-state index is 2.92. The highest BCUT2D eigenvalue weighted by Gasteiger charge is 1.90. The second-order valence-electron chi connectivity index (χ2n) is 5.45. The summed E-state index contributed by atoms with van der Waals surface area (Å²) in [6.07, 6.45) is 27.5. The van der Waals surface area contributed by atoms with Gasteiger partial charge in [-0.2, -0.15) is 0 Å². The molecule has 0 aromatic carbocycles. The Morgan fingerprint density at radius 2 is 0.850 bits per heavy atom. The molecule has 1 heteroatoms. The normalized spacial score (nSPS) is 12.5.